The summed E-state index contributed by atoms with van der Waals surface area (Å²) in [5.74, 6) is 0.793. The van der Waals surface area contributed by atoms with E-state index in [0.717, 1.165) is 21.6 Å². The number of nitrogens with one attached hydrogen (secondary N) is 1. The Morgan fingerprint density at radius 3 is 3.07 bits per heavy atom. The van der Waals surface area contributed by atoms with Crippen molar-refractivity contribution < 1.29 is 0 Å². The molecule has 74 valence electrons. The number of halogens is 1. The molecule has 2 rings (SSSR count). The lowest BCUT2D eigenvalue weighted by molar-refractivity contribution is 1.16. The molecule has 0 bridgehead atoms. The minimum Gasteiger partial charge on any atom is -0.341 e. The van der Waals surface area contributed by atoms with Crippen LogP contribution in [0.5, 0.6) is 0 Å². The first-order chi connectivity index (χ1) is 7.29. The first-order valence-corrected chi connectivity index (χ1v) is 5.25. The summed E-state index contributed by atoms with van der Waals surface area (Å²) in [5, 5.41) is 8.54. The van der Waals surface area contributed by atoms with E-state index in [9.17, 15) is 0 Å². The molecule has 15 heavy (non-hydrogen) atoms. The maximum absolute atomic E-state index is 8.54. The van der Waals surface area contributed by atoms with Crippen molar-refractivity contribution in [2.45, 2.75) is 6.42 Å². The van der Waals surface area contributed by atoms with Crippen LogP contribution in [0, 0.1) is 11.3 Å². The lowest BCUT2D eigenvalue weighted by Gasteiger charge is -1.96. The Kier molecular flexibility index (Phi) is 2.84. The summed E-state index contributed by atoms with van der Waals surface area (Å²) in [6, 6.07) is 9.94. The fourth-order valence-corrected chi connectivity index (χ4v) is 1.72. The largest absolute Gasteiger partial charge is 0.341 e. The van der Waals surface area contributed by atoms with Gasteiger partial charge in [-0.1, -0.05) is 28.1 Å². The smallest absolute Gasteiger partial charge is 0.137 e. The number of hydrogen-bond acceptors (Lipinski definition) is 2. The molecule has 0 radical (unpaired) electrons. The van der Waals surface area contributed by atoms with Gasteiger partial charge in [0.05, 0.1) is 12.5 Å². The number of imidazole rings is 1. The summed E-state index contributed by atoms with van der Waals surface area (Å²) in [5.41, 5.74) is 1.85. The van der Waals surface area contributed by atoms with Crippen molar-refractivity contribution in [3.63, 3.8) is 0 Å². The molecular weight excluding hydrogens is 254 g/mol. The minimum absolute atomic E-state index is 0.362. The van der Waals surface area contributed by atoms with E-state index in [-0.39, 0.29) is 0 Å². The highest BCUT2D eigenvalue weighted by atomic mass is 79.9. The molecule has 1 heterocycles. The van der Waals surface area contributed by atoms with E-state index in [4.69, 9.17) is 5.26 Å². The third-order valence-electron chi connectivity index (χ3n) is 2.00. The molecule has 1 aromatic heterocycles. The molecule has 0 spiro atoms. The SMILES string of the molecule is N#CCc1cnc(-c2cccc(Br)c2)[nH]1. The maximum Gasteiger partial charge on any atom is 0.137 e. The van der Waals surface area contributed by atoms with Crippen LogP contribution in [-0.2, 0) is 6.42 Å². The predicted molar refractivity (Wildman–Crippen MR) is 61.0 cm³/mol. The van der Waals surface area contributed by atoms with Crippen LogP contribution in [0.4, 0.5) is 0 Å². The fourth-order valence-electron chi connectivity index (χ4n) is 1.32. The summed E-state index contributed by atoms with van der Waals surface area (Å²) >= 11 is 3.40. The zero-order valence-corrected chi connectivity index (χ0v) is 9.45. The van der Waals surface area contributed by atoms with E-state index >= 15 is 0 Å². The minimum atomic E-state index is 0.362. The van der Waals surface area contributed by atoms with Crippen LogP contribution in [0.3, 0.4) is 0 Å². The zero-order chi connectivity index (χ0) is 10.7. The highest BCUT2D eigenvalue weighted by Gasteiger charge is 2.03. The monoisotopic (exact) mass is 261 g/mol. The summed E-state index contributed by atoms with van der Waals surface area (Å²) in [6.45, 7) is 0. The van der Waals surface area contributed by atoms with Gasteiger partial charge >= 0.3 is 0 Å². The van der Waals surface area contributed by atoms with Crippen LogP contribution in [0.25, 0.3) is 11.4 Å². The highest BCUT2D eigenvalue weighted by Crippen LogP contribution is 2.20. The Balaban J connectivity index is 2.34. The third kappa shape index (κ3) is 2.25. The van der Waals surface area contributed by atoms with Crippen LogP contribution in [0.1, 0.15) is 5.69 Å². The standard InChI is InChI=1S/C11H8BrN3/c12-9-3-1-2-8(6-9)11-14-7-10(15-11)4-5-13/h1-3,6-7H,4H2,(H,14,15). The second-order valence-corrected chi connectivity index (χ2v) is 4.02. The fraction of sp³-hybridized carbons (Fsp3) is 0.0909. The van der Waals surface area contributed by atoms with Crippen molar-refractivity contribution in [2.75, 3.05) is 0 Å². The normalized spacial score (nSPS) is 9.87. The molecule has 0 amide bonds. The topological polar surface area (TPSA) is 52.5 Å². The number of H-pyrrole nitrogens is 1. The lowest BCUT2D eigenvalue weighted by atomic mass is 10.2. The van der Waals surface area contributed by atoms with E-state index in [1.165, 1.54) is 0 Å². The molecule has 0 saturated heterocycles. The van der Waals surface area contributed by atoms with Crippen molar-refractivity contribution in [1.29, 1.82) is 5.26 Å². The first kappa shape index (κ1) is 9.94. The molecule has 4 heteroatoms. The van der Waals surface area contributed by atoms with Gasteiger partial charge in [0, 0.05) is 21.9 Å². The molecule has 0 saturated carbocycles. The van der Waals surface area contributed by atoms with Gasteiger partial charge in [0.1, 0.15) is 5.82 Å². The number of rotatable bonds is 2. The van der Waals surface area contributed by atoms with E-state index in [1.807, 2.05) is 24.3 Å². The quantitative estimate of drug-likeness (QED) is 0.904. The third-order valence-corrected chi connectivity index (χ3v) is 2.49. The number of aromatic amines is 1. The molecular formula is C11H8BrN3. The van der Waals surface area contributed by atoms with Gasteiger partial charge in [-0.25, -0.2) is 4.98 Å². The molecule has 3 nitrogen and oxygen atoms in total. The summed E-state index contributed by atoms with van der Waals surface area (Å²) in [7, 11) is 0. The van der Waals surface area contributed by atoms with Crippen molar-refractivity contribution in [2.24, 2.45) is 0 Å². The summed E-state index contributed by atoms with van der Waals surface area (Å²) < 4.78 is 1.01. The van der Waals surface area contributed by atoms with E-state index < -0.39 is 0 Å². The van der Waals surface area contributed by atoms with Crippen molar-refractivity contribution >= 4 is 15.9 Å². The molecule has 0 aliphatic rings. The highest BCUT2D eigenvalue weighted by molar-refractivity contribution is 9.10. The second kappa shape index (κ2) is 4.28. The molecule has 0 aliphatic carbocycles. The summed E-state index contributed by atoms with van der Waals surface area (Å²) in [4.78, 5) is 7.32. The average Bonchev–Trinajstić information content (AvgIpc) is 2.67. The predicted octanol–water partition coefficient (Wildman–Crippen LogP) is 2.91. The van der Waals surface area contributed by atoms with E-state index in [1.54, 1.807) is 6.20 Å². The molecule has 1 N–H and O–H groups in total. The van der Waals surface area contributed by atoms with Crippen LogP contribution < -0.4 is 0 Å². The van der Waals surface area contributed by atoms with Crippen molar-refractivity contribution in [3.05, 3.63) is 40.6 Å². The lowest BCUT2D eigenvalue weighted by Crippen LogP contribution is -1.82. The van der Waals surface area contributed by atoms with Gasteiger partial charge in [-0.05, 0) is 12.1 Å². The Hall–Kier alpha value is -1.60. The van der Waals surface area contributed by atoms with Crippen LogP contribution in [0.2, 0.25) is 0 Å². The van der Waals surface area contributed by atoms with E-state index in [2.05, 4.69) is 32.0 Å². The van der Waals surface area contributed by atoms with Gasteiger partial charge in [-0.3, -0.25) is 0 Å². The molecule has 1 aromatic carbocycles. The van der Waals surface area contributed by atoms with Crippen molar-refractivity contribution in [3.8, 4) is 17.5 Å². The summed E-state index contributed by atoms with van der Waals surface area (Å²) in [6.07, 6.45) is 2.06. The van der Waals surface area contributed by atoms with Crippen LogP contribution in [-0.4, -0.2) is 9.97 Å². The van der Waals surface area contributed by atoms with E-state index in [0.29, 0.717) is 6.42 Å². The van der Waals surface area contributed by atoms with Gasteiger partial charge in [-0.15, -0.1) is 0 Å². The number of aromatic nitrogens is 2. The van der Waals surface area contributed by atoms with Gasteiger partial charge in [-0.2, -0.15) is 5.26 Å². The van der Waals surface area contributed by atoms with Crippen molar-refractivity contribution in [1.82, 2.24) is 9.97 Å². The maximum atomic E-state index is 8.54. The molecule has 2 aromatic rings. The van der Waals surface area contributed by atoms with Gasteiger partial charge in [0.15, 0.2) is 0 Å². The average molecular weight is 262 g/mol. The Morgan fingerprint density at radius 1 is 1.47 bits per heavy atom. The molecule has 0 atom stereocenters. The van der Waals surface area contributed by atoms with Gasteiger partial charge in [0.2, 0.25) is 0 Å². The second-order valence-electron chi connectivity index (χ2n) is 3.10. The Labute approximate surface area is 95.9 Å². The zero-order valence-electron chi connectivity index (χ0n) is 7.87. The number of hydrogen-bond donors (Lipinski definition) is 1. The van der Waals surface area contributed by atoms with Gasteiger partial charge in [0.25, 0.3) is 0 Å². The molecule has 0 unspecified atom stereocenters. The van der Waals surface area contributed by atoms with Crippen LogP contribution >= 0.6 is 15.9 Å². The number of nitriles is 1. The van der Waals surface area contributed by atoms with Crippen LogP contribution in [0.15, 0.2) is 34.9 Å². The first-order valence-electron chi connectivity index (χ1n) is 4.46. The van der Waals surface area contributed by atoms with Gasteiger partial charge < -0.3 is 4.98 Å². The Bertz CT molecular complexity index is 511. The molecule has 0 aliphatic heterocycles. The Morgan fingerprint density at radius 2 is 2.33 bits per heavy atom. The number of benzene rings is 1. The molecule has 0 fully saturated rings. The number of nitrogens with zero attached hydrogens (tertiary/aromatic N) is 2.